The molecule has 20 heavy (non-hydrogen) atoms. The zero-order chi connectivity index (χ0) is 14.2. The van der Waals surface area contributed by atoms with Crippen molar-refractivity contribution >= 4 is 6.01 Å². The Morgan fingerprint density at radius 3 is 2.85 bits per heavy atom. The quantitative estimate of drug-likeness (QED) is 0.740. The molecule has 0 saturated heterocycles. The van der Waals surface area contributed by atoms with Gasteiger partial charge < -0.3 is 19.3 Å². The molecule has 1 saturated carbocycles. The van der Waals surface area contributed by atoms with Crippen LogP contribution in [0.15, 0.2) is 4.52 Å². The van der Waals surface area contributed by atoms with Gasteiger partial charge in [0, 0.05) is 20.3 Å². The van der Waals surface area contributed by atoms with Crippen molar-refractivity contribution in [2.45, 2.75) is 45.1 Å². The zero-order valence-electron chi connectivity index (χ0n) is 12.4. The van der Waals surface area contributed by atoms with Crippen LogP contribution in [0.1, 0.15) is 51.0 Å². The molecular weight excluding hydrogens is 258 g/mol. The molecule has 1 aromatic heterocycles. The first-order valence-corrected chi connectivity index (χ1v) is 7.53. The predicted molar refractivity (Wildman–Crippen MR) is 75.6 cm³/mol. The van der Waals surface area contributed by atoms with Crippen LogP contribution in [0.3, 0.4) is 0 Å². The second kappa shape index (κ2) is 8.21. The molecule has 1 aliphatic carbocycles. The molecule has 0 spiro atoms. The van der Waals surface area contributed by atoms with Gasteiger partial charge in [-0.15, -0.1) is 0 Å². The van der Waals surface area contributed by atoms with Gasteiger partial charge in [0.1, 0.15) is 6.10 Å². The van der Waals surface area contributed by atoms with Crippen molar-refractivity contribution in [1.29, 1.82) is 0 Å². The third-order valence-corrected chi connectivity index (χ3v) is 3.70. The Kier molecular flexibility index (Phi) is 6.26. The summed E-state index contributed by atoms with van der Waals surface area (Å²) in [6.45, 7) is 3.94. The molecule has 1 N–H and O–H groups in total. The molecule has 1 heterocycles. The number of ether oxygens (including phenoxy) is 2. The summed E-state index contributed by atoms with van der Waals surface area (Å²) in [6.07, 6.45) is 6.20. The van der Waals surface area contributed by atoms with Gasteiger partial charge in [0.05, 0.1) is 6.61 Å². The molecule has 6 heteroatoms. The Labute approximate surface area is 120 Å². The van der Waals surface area contributed by atoms with Gasteiger partial charge in [-0.1, -0.05) is 24.4 Å². The molecular formula is C14H25N3O3. The molecule has 0 aliphatic heterocycles. The number of rotatable bonds is 8. The average Bonchev–Trinajstić information content (AvgIpc) is 2.94. The third-order valence-electron chi connectivity index (χ3n) is 3.70. The van der Waals surface area contributed by atoms with E-state index in [-0.39, 0.29) is 6.10 Å². The first kappa shape index (κ1) is 15.3. The molecule has 114 valence electrons. The van der Waals surface area contributed by atoms with E-state index >= 15 is 0 Å². The summed E-state index contributed by atoms with van der Waals surface area (Å²) in [7, 11) is 1.66. The summed E-state index contributed by atoms with van der Waals surface area (Å²) < 4.78 is 16.1. The van der Waals surface area contributed by atoms with Crippen molar-refractivity contribution < 1.29 is 14.0 Å². The molecule has 1 aromatic rings. The summed E-state index contributed by atoms with van der Waals surface area (Å²) >= 11 is 0. The van der Waals surface area contributed by atoms with Crippen molar-refractivity contribution in [3.63, 3.8) is 0 Å². The van der Waals surface area contributed by atoms with Gasteiger partial charge in [0.2, 0.25) is 5.82 Å². The topological polar surface area (TPSA) is 69.4 Å². The fraction of sp³-hybridized carbons (Fsp3) is 0.857. The van der Waals surface area contributed by atoms with E-state index in [0.29, 0.717) is 37.5 Å². The lowest BCUT2D eigenvalue weighted by molar-refractivity contribution is -0.00145. The van der Waals surface area contributed by atoms with Gasteiger partial charge in [-0.25, -0.2) is 0 Å². The van der Waals surface area contributed by atoms with Crippen LogP contribution >= 0.6 is 0 Å². The smallest absolute Gasteiger partial charge is 0.321 e. The third kappa shape index (κ3) is 4.18. The minimum Gasteiger partial charge on any atom is -0.383 e. The number of hydrogen-bond donors (Lipinski definition) is 1. The number of hydrogen-bond acceptors (Lipinski definition) is 6. The van der Waals surface area contributed by atoms with Crippen LogP contribution in [0, 0.1) is 5.92 Å². The maximum atomic E-state index is 5.87. The minimum atomic E-state index is -0.0398. The number of nitrogens with zero attached hydrogens (tertiary/aromatic N) is 2. The fourth-order valence-electron chi connectivity index (χ4n) is 2.72. The zero-order valence-corrected chi connectivity index (χ0v) is 12.4. The number of methoxy groups -OCH3 is 1. The Morgan fingerprint density at radius 1 is 1.35 bits per heavy atom. The van der Waals surface area contributed by atoms with E-state index in [0.717, 1.165) is 0 Å². The monoisotopic (exact) mass is 283 g/mol. The Bertz CT molecular complexity index is 377. The van der Waals surface area contributed by atoms with E-state index in [1.165, 1.54) is 32.1 Å². The first-order chi connectivity index (χ1) is 9.85. The molecule has 1 unspecified atom stereocenters. The molecule has 2 rings (SSSR count). The second-order valence-electron chi connectivity index (χ2n) is 5.15. The van der Waals surface area contributed by atoms with Crippen molar-refractivity contribution in [2.24, 2.45) is 5.92 Å². The van der Waals surface area contributed by atoms with Crippen LogP contribution in [0.4, 0.5) is 6.01 Å². The fourth-order valence-corrected chi connectivity index (χ4v) is 2.72. The molecule has 0 radical (unpaired) electrons. The van der Waals surface area contributed by atoms with E-state index in [1.807, 2.05) is 6.92 Å². The van der Waals surface area contributed by atoms with Crippen LogP contribution in [-0.4, -0.2) is 37.0 Å². The van der Waals surface area contributed by atoms with Crippen LogP contribution < -0.4 is 5.32 Å². The highest BCUT2D eigenvalue weighted by atomic mass is 16.5. The van der Waals surface area contributed by atoms with E-state index < -0.39 is 0 Å². The molecule has 1 aliphatic rings. The van der Waals surface area contributed by atoms with Crippen molar-refractivity contribution in [1.82, 2.24) is 10.1 Å². The number of anilines is 1. The normalized spacial score (nSPS) is 18.1. The van der Waals surface area contributed by atoms with Gasteiger partial charge in [-0.2, -0.15) is 4.98 Å². The first-order valence-electron chi connectivity index (χ1n) is 7.53. The highest BCUT2D eigenvalue weighted by Gasteiger charge is 2.29. The SMILES string of the molecule is CCOC(c1noc(NCCOC)n1)C1CCCCC1. The molecule has 0 aromatic carbocycles. The van der Waals surface area contributed by atoms with Crippen molar-refractivity contribution in [3.8, 4) is 0 Å². The summed E-state index contributed by atoms with van der Waals surface area (Å²) in [5, 5.41) is 7.12. The maximum Gasteiger partial charge on any atom is 0.321 e. The number of aromatic nitrogens is 2. The van der Waals surface area contributed by atoms with Gasteiger partial charge in [0.25, 0.3) is 0 Å². The van der Waals surface area contributed by atoms with Crippen LogP contribution in [0.25, 0.3) is 0 Å². The minimum absolute atomic E-state index is 0.0398. The van der Waals surface area contributed by atoms with Gasteiger partial charge in [0.15, 0.2) is 0 Å². The highest BCUT2D eigenvalue weighted by molar-refractivity contribution is 5.18. The van der Waals surface area contributed by atoms with Gasteiger partial charge >= 0.3 is 6.01 Å². The standard InChI is InChI=1S/C14H25N3O3/c1-3-19-12(11-7-5-4-6-8-11)13-16-14(20-17-13)15-9-10-18-2/h11-12H,3-10H2,1-2H3,(H,15,16,17). The molecule has 6 nitrogen and oxygen atoms in total. The maximum absolute atomic E-state index is 5.87. The van der Waals surface area contributed by atoms with Crippen LogP contribution in [0.5, 0.6) is 0 Å². The van der Waals surface area contributed by atoms with Gasteiger partial charge in [-0.3, -0.25) is 0 Å². The predicted octanol–water partition coefficient (Wildman–Crippen LogP) is 2.79. The van der Waals surface area contributed by atoms with Crippen LogP contribution in [0.2, 0.25) is 0 Å². The van der Waals surface area contributed by atoms with Crippen LogP contribution in [-0.2, 0) is 9.47 Å². The molecule has 0 bridgehead atoms. The Morgan fingerprint density at radius 2 is 2.15 bits per heavy atom. The average molecular weight is 283 g/mol. The van der Waals surface area contributed by atoms with E-state index in [4.69, 9.17) is 14.0 Å². The molecule has 0 amide bonds. The summed E-state index contributed by atoms with van der Waals surface area (Å²) in [5.41, 5.74) is 0. The molecule has 1 atom stereocenters. The lowest BCUT2D eigenvalue weighted by Gasteiger charge is -2.27. The Hall–Kier alpha value is -1.14. The van der Waals surface area contributed by atoms with E-state index in [9.17, 15) is 0 Å². The van der Waals surface area contributed by atoms with E-state index in [2.05, 4.69) is 15.5 Å². The van der Waals surface area contributed by atoms with Crippen molar-refractivity contribution in [2.75, 3.05) is 32.2 Å². The highest BCUT2D eigenvalue weighted by Crippen LogP contribution is 2.35. The summed E-state index contributed by atoms with van der Waals surface area (Å²) in [4.78, 5) is 4.41. The second-order valence-corrected chi connectivity index (χ2v) is 5.15. The van der Waals surface area contributed by atoms with Crippen molar-refractivity contribution in [3.05, 3.63) is 5.82 Å². The Balaban J connectivity index is 1.97. The number of nitrogens with one attached hydrogen (secondary N) is 1. The van der Waals surface area contributed by atoms with Gasteiger partial charge in [-0.05, 0) is 25.7 Å². The lowest BCUT2D eigenvalue weighted by atomic mass is 9.85. The molecule has 1 fully saturated rings. The lowest BCUT2D eigenvalue weighted by Crippen LogP contribution is -2.20. The van der Waals surface area contributed by atoms with E-state index in [1.54, 1.807) is 7.11 Å². The largest absolute Gasteiger partial charge is 0.383 e. The summed E-state index contributed by atoms with van der Waals surface area (Å²) in [5.74, 6) is 1.17. The summed E-state index contributed by atoms with van der Waals surface area (Å²) in [6, 6.07) is 0.442.